The van der Waals surface area contributed by atoms with E-state index in [0.29, 0.717) is 41.9 Å². The van der Waals surface area contributed by atoms with Crippen molar-refractivity contribution in [2.45, 2.75) is 63.2 Å². The Hall–Kier alpha value is -7.45. The second-order valence-electron chi connectivity index (χ2n) is 19.3. The van der Waals surface area contributed by atoms with Gasteiger partial charge in [0.1, 0.15) is 5.75 Å². The molecule has 12 nitrogen and oxygen atoms in total. The van der Waals surface area contributed by atoms with E-state index in [1.807, 2.05) is 138 Å². The van der Waals surface area contributed by atoms with Crippen LogP contribution in [0.3, 0.4) is 0 Å². The van der Waals surface area contributed by atoms with Gasteiger partial charge in [0.05, 0.1) is 61.7 Å². The predicted molar refractivity (Wildman–Crippen MR) is 270 cm³/mol. The first kappa shape index (κ1) is 42.9. The third-order valence-corrected chi connectivity index (χ3v) is 19.7. The number of aryl methyl sites for hydroxylation is 1. The molecule has 0 saturated carbocycles. The maximum atomic E-state index is 16.0. The van der Waals surface area contributed by atoms with E-state index >= 15 is 4.79 Å². The van der Waals surface area contributed by atoms with E-state index in [-0.39, 0.29) is 48.4 Å². The molecule has 4 atom stereocenters. The van der Waals surface area contributed by atoms with Gasteiger partial charge in [-0.2, -0.15) is 0 Å². The molecule has 4 aliphatic rings. The molecule has 1 fully saturated rings. The number of benzene rings is 7. The SMILES string of the molecule is COc1ccc([Si](C)(C)[C@H]2[C@H](CCn3cc(CCO)nn3)O[C@@]3(C(=O)N(Cc4ccc(N5C(=O)c6cccc7cccc5c67)cc4)c4ccc(N5C(=O)c6cccc7cccc5c67)cc43)[C@@H]2C)cc1. The van der Waals surface area contributed by atoms with Crippen molar-refractivity contribution in [1.29, 1.82) is 0 Å². The Bertz CT molecular complexity index is 3400. The van der Waals surface area contributed by atoms with Crippen LogP contribution in [0.4, 0.5) is 28.4 Å². The van der Waals surface area contributed by atoms with Crippen LogP contribution in [-0.2, 0) is 34.6 Å². The number of nitrogens with zero attached hydrogens (tertiary/aromatic N) is 6. The highest BCUT2D eigenvalue weighted by molar-refractivity contribution is 6.91. The zero-order valence-corrected chi connectivity index (χ0v) is 39.8. The van der Waals surface area contributed by atoms with Crippen molar-refractivity contribution < 1.29 is 29.0 Å². The maximum Gasteiger partial charge on any atom is 0.264 e. The molecule has 0 unspecified atom stereocenters. The van der Waals surface area contributed by atoms with Gasteiger partial charge in [0.2, 0.25) is 0 Å². The monoisotopic (exact) mass is 930 g/mol. The van der Waals surface area contributed by atoms with Crippen LogP contribution in [-0.4, -0.2) is 65.7 Å². The van der Waals surface area contributed by atoms with Crippen LogP contribution in [0.2, 0.25) is 18.6 Å². The van der Waals surface area contributed by atoms with Crippen LogP contribution in [0.1, 0.15) is 50.9 Å². The molecule has 1 saturated heterocycles. The number of methoxy groups -OCH3 is 1. The van der Waals surface area contributed by atoms with Crippen molar-refractivity contribution in [1.82, 2.24) is 15.0 Å². The van der Waals surface area contributed by atoms with E-state index in [1.54, 1.807) is 21.6 Å². The van der Waals surface area contributed by atoms with E-state index < -0.39 is 13.7 Å². The summed E-state index contributed by atoms with van der Waals surface area (Å²) in [5, 5.41) is 23.4. The number of aromatic nitrogens is 3. The molecule has 69 heavy (non-hydrogen) atoms. The van der Waals surface area contributed by atoms with Crippen LogP contribution in [0.15, 0.2) is 146 Å². The summed E-state index contributed by atoms with van der Waals surface area (Å²) in [4.78, 5) is 49.7. The van der Waals surface area contributed by atoms with E-state index in [4.69, 9.17) is 9.47 Å². The number of aliphatic hydroxyl groups excluding tert-OH is 1. The number of ether oxygens (including phenoxy) is 2. The Morgan fingerprint density at radius 1 is 0.739 bits per heavy atom. The highest BCUT2D eigenvalue weighted by atomic mass is 28.3. The average Bonchev–Trinajstić information content (AvgIpc) is 4.15. The van der Waals surface area contributed by atoms with E-state index in [0.717, 1.165) is 61.2 Å². The molecule has 1 aromatic heterocycles. The van der Waals surface area contributed by atoms with Gasteiger partial charge in [-0.15, -0.1) is 5.10 Å². The lowest BCUT2D eigenvalue weighted by atomic mass is 9.82. The topological polar surface area (TPSA) is 130 Å². The largest absolute Gasteiger partial charge is 0.497 e. The highest BCUT2D eigenvalue weighted by Crippen LogP contribution is 2.61. The van der Waals surface area contributed by atoms with Gasteiger partial charge in [-0.25, -0.2) is 0 Å². The minimum absolute atomic E-state index is 0.0215. The Kier molecular flexibility index (Phi) is 9.99. The van der Waals surface area contributed by atoms with Crippen LogP contribution in [0.5, 0.6) is 5.75 Å². The lowest BCUT2D eigenvalue weighted by Crippen LogP contribution is -2.51. The molecule has 1 N–H and O–H groups in total. The summed E-state index contributed by atoms with van der Waals surface area (Å²) < 4.78 is 14.9. The Morgan fingerprint density at radius 3 is 1.97 bits per heavy atom. The summed E-state index contributed by atoms with van der Waals surface area (Å²) in [6, 6.07) is 45.8. The number of rotatable bonds is 12. The molecule has 4 aliphatic heterocycles. The minimum atomic E-state index is -2.51. The van der Waals surface area contributed by atoms with Crippen LogP contribution >= 0.6 is 0 Å². The van der Waals surface area contributed by atoms with Gasteiger partial charge in [-0.3, -0.25) is 28.9 Å². The molecule has 0 radical (unpaired) electrons. The van der Waals surface area contributed by atoms with Gasteiger partial charge >= 0.3 is 0 Å². The molecule has 344 valence electrons. The molecule has 13 heteroatoms. The molecule has 12 rings (SSSR count). The molecule has 3 amide bonds. The summed E-state index contributed by atoms with van der Waals surface area (Å²) in [7, 11) is -0.845. The molecule has 0 aliphatic carbocycles. The lowest BCUT2D eigenvalue weighted by Gasteiger charge is -2.37. The number of carbonyl (C=O) groups is 3. The third-order valence-electron chi connectivity index (χ3n) is 15.3. The lowest BCUT2D eigenvalue weighted by molar-refractivity contribution is -0.146. The van der Waals surface area contributed by atoms with Gasteiger partial charge in [0, 0.05) is 59.4 Å². The highest BCUT2D eigenvalue weighted by Gasteiger charge is 2.66. The average molecular weight is 931 g/mol. The van der Waals surface area contributed by atoms with E-state index in [2.05, 4.69) is 42.5 Å². The normalized spacial score (nSPS) is 20.4. The van der Waals surface area contributed by atoms with Gasteiger partial charge in [-0.1, -0.05) is 103 Å². The summed E-state index contributed by atoms with van der Waals surface area (Å²) in [6.07, 6.45) is 2.47. The number of hydrogen-bond donors (Lipinski definition) is 1. The molecule has 8 aromatic rings. The fraction of sp³-hybridized carbons (Fsp3) is 0.232. The van der Waals surface area contributed by atoms with Crippen molar-refractivity contribution in [3.63, 3.8) is 0 Å². The number of amides is 3. The second-order valence-corrected chi connectivity index (χ2v) is 24.0. The number of fused-ring (bicyclic) bond motifs is 2. The van der Waals surface area contributed by atoms with Crippen molar-refractivity contribution in [3.8, 4) is 5.75 Å². The Morgan fingerprint density at radius 2 is 1.35 bits per heavy atom. The van der Waals surface area contributed by atoms with Crippen LogP contribution in [0, 0.1) is 5.92 Å². The third kappa shape index (κ3) is 6.44. The van der Waals surface area contributed by atoms with Crippen molar-refractivity contribution >= 4 is 81.0 Å². The summed E-state index contributed by atoms with van der Waals surface area (Å²) in [6.45, 7) is 7.63. The first-order valence-electron chi connectivity index (χ1n) is 23.6. The van der Waals surface area contributed by atoms with Gasteiger partial charge < -0.3 is 19.5 Å². The second kappa shape index (κ2) is 16.1. The maximum absolute atomic E-state index is 16.0. The minimum Gasteiger partial charge on any atom is -0.497 e. The molecule has 7 aromatic carbocycles. The molecule has 5 heterocycles. The van der Waals surface area contributed by atoms with Crippen LogP contribution in [0.25, 0.3) is 21.5 Å². The zero-order chi connectivity index (χ0) is 47.3. The standard InChI is InChI=1S/C56H50N6O6Si/c1-34-52(69(3,4)42-24-22-41(67-2)23-25-42)49(27-29-59-33-38(28-30-63)57-58-59)68-56(34)45-31-40(62-48-16-8-12-37-10-6-14-44(51(37)48)54(62)65)21-26-46(45)60(55(56)66)32-35-17-19-39(20-18-35)61-47-15-7-11-36-9-5-13-43(50(36)47)53(61)64/h5-26,31,33-34,49,52,63H,27-30,32H2,1-4H3/t34-,49+,52-,56+/m1/s1. The Labute approximate surface area is 400 Å². The quantitative estimate of drug-likeness (QED) is 0.120. The van der Waals surface area contributed by atoms with Gasteiger partial charge in [0.15, 0.2) is 5.60 Å². The van der Waals surface area contributed by atoms with Crippen molar-refractivity contribution in [2.75, 3.05) is 28.4 Å². The van der Waals surface area contributed by atoms with E-state index in [1.165, 1.54) is 5.19 Å². The smallest absolute Gasteiger partial charge is 0.264 e. The fourth-order valence-corrected chi connectivity index (χ4v) is 16.1. The summed E-state index contributed by atoms with van der Waals surface area (Å²) in [5.74, 6) is 0.127. The van der Waals surface area contributed by atoms with Crippen LogP contribution < -0.4 is 24.6 Å². The van der Waals surface area contributed by atoms with Crippen molar-refractivity contribution in [3.05, 3.63) is 174 Å². The van der Waals surface area contributed by atoms with Gasteiger partial charge in [0.25, 0.3) is 17.7 Å². The predicted octanol–water partition coefficient (Wildman–Crippen LogP) is 9.56. The van der Waals surface area contributed by atoms with Crippen molar-refractivity contribution in [2.24, 2.45) is 5.92 Å². The number of aliphatic hydroxyl groups is 1. The number of carbonyl (C=O) groups excluding carboxylic acids is 3. The first-order valence-corrected chi connectivity index (χ1v) is 26.7. The molecular formula is C56H50N6O6Si. The number of hydrogen-bond acceptors (Lipinski definition) is 8. The van der Waals surface area contributed by atoms with E-state index in [9.17, 15) is 14.7 Å². The first-order chi connectivity index (χ1) is 33.5. The molecule has 0 bridgehead atoms. The molecular weight excluding hydrogens is 881 g/mol. The fourth-order valence-electron chi connectivity index (χ4n) is 12.1. The molecule has 1 spiro atoms. The van der Waals surface area contributed by atoms with Gasteiger partial charge in [-0.05, 0) is 95.0 Å². The summed E-state index contributed by atoms with van der Waals surface area (Å²) in [5.41, 5.74) is 5.98. The summed E-state index contributed by atoms with van der Waals surface area (Å²) >= 11 is 0. The Balaban J connectivity index is 0.956. The zero-order valence-electron chi connectivity index (χ0n) is 38.8. The number of anilines is 5.